The van der Waals surface area contributed by atoms with E-state index in [0.29, 0.717) is 30.4 Å². The molecule has 4 saturated carbocycles. The molecule has 1 heterocycles. The second-order valence-electron chi connectivity index (χ2n) is 18.1. The van der Waals surface area contributed by atoms with Crippen molar-refractivity contribution in [2.24, 2.45) is 50.2 Å². The van der Waals surface area contributed by atoms with Crippen LogP contribution in [-0.2, 0) is 11.3 Å². The van der Waals surface area contributed by atoms with Gasteiger partial charge in [-0.25, -0.2) is 0 Å². The topological polar surface area (TPSA) is 95.6 Å². The maximum Gasteiger partial charge on any atom is 0.229 e. The molecule has 1 aromatic carbocycles. The van der Waals surface area contributed by atoms with Crippen LogP contribution in [0.4, 0.5) is 0 Å². The largest absolute Gasteiger partial charge is 0.393 e. The number of carbonyl (C=O) groups is 1. The monoisotopic (exact) mass is 628 g/mol. The third kappa shape index (κ3) is 4.41. The first-order chi connectivity index (χ1) is 21.6. The third-order valence-corrected chi connectivity index (χ3v) is 15.1. The Balaban J connectivity index is 1.21. The number of aliphatic hydroxyl groups is 2. The fraction of sp³-hybridized carbons (Fsp3) is 0.700. The van der Waals surface area contributed by atoms with Crippen LogP contribution < -0.4 is 5.32 Å². The Morgan fingerprint density at radius 2 is 1.65 bits per heavy atom. The van der Waals surface area contributed by atoms with Crippen molar-refractivity contribution in [3.8, 4) is 11.3 Å². The van der Waals surface area contributed by atoms with Gasteiger partial charge in [0.2, 0.25) is 5.91 Å². The van der Waals surface area contributed by atoms with Gasteiger partial charge in [-0.05, 0) is 103 Å². The first-order valence-corrected chi connectivity index (χ1v) is 17.9. The number of hydrogen-bond donors (Lipinski definition) is 3. The highest BCUT2D eigenvalue weighted by molar-refractivity contribution is 5.85. The number of allylic oxidation sites excluding steroid dienone is 2. The minimum absolute atomic E-state index is 0.00692. The second kappa shape index (κ2) is 10.5. The van der Waals surface area contributed by atoms with Crippen molar-refractivity contribution in [3.05, 3.63) is 53.8 Å². The Morgan fingerprint density at radius 3 is 2.39 bits per heavy atom. The van der Waals surface area contributed by atoms with Gasteiger partial charge in [0.1, 0.15) is 5.69 Å². The van der Waals surface area contributed by atoms with Crippen LogP contribution in [0.15, 0.2) is 52.6 Å². The third-order valence-electron chi connectivity index (χ3n) is 15.1. The fourth-order valence-corrected chi connectivity index (χ4v) is 12.2. The van der Waals surface area contributed by atoms with Crippen LogP contribution in [0.25, 0.3) is 11.3 Å². The number of carbonyl (C=O) groups excluding carboxylic acids is 1. The lowest BCUT2D eigenvalue weighted by molar-refractivity contribution is -0.215. The summed E-state index contributed by atoms with van der Waals surface area (Å²) in [5.74, 6) is 1.52. The molecule has 4 fully saturated rings. The molecular weight excluding hydrogens is 572 g/mol. The van der Waals surface area contributed by atoms with Crippen molar-refractivity contribution >= 4 is 5.91 Å². The molecule has 2 aromatic rings. The Bertz CT molecular complexity index is 1530. The van der Waals surface area contributed by atoms with Gasteiger partial charge in [0.15, 0.2) is 5.76 Å². The molecule has 9 atom stereocenters. The van der Waals surface area contributed by atoms with E-state index < -0.39 is 11.5 Å². The molecule has 6 nitrogen and oxygen atoms in total. The van der Waals surface area contributed by atoms with E-state index in [1.807, 2.05) is 36.4 Å². The molecule has 0 spiro atoms. The van der Waals surface area contributed by atoms with Crippen molar-refractivity contribution < 1.29 is 19.5 Å². The number of hydrogen-bond acceptors (Lipinski definition) is 5. The number of nitrogens with zero attached hydrogens (tertiary/aromatic N) is 1. The zero-order chi connectivity index (χ0) is 32.9. The fourth-order valence-electron chi connectivity index (χ4n) is 12.2. The van der Waals surface area contributed by atoms with Gasteiger partial charge in [-0.3, -0.25) is 4.79 Å². The summed E-state index contributed by atoms with van der Waals surface area (Å²) in [7, 11) is 0. The van der Waals surface area contributed by atoms with E-state index in [1.165, 1.54) is 5.57 Å². The van der Waals surface area contributed by atoms with Gasteiger partial charge >= 0.3 is 0 Å². The molecule has 7 rings (SSSR count). The predicted molar refractivity (Wildman–Crippen MR) is 180 cm³/mol. The van der Waals surface area contributed by atoms with Crippen LogP contribution in [0.2, 0.25) is 0 Å². The molecule has 0 aliphatic heterocycles. The Morgan fingerprint density at radius 1 is 0.913 bits per heavy atom. The molecule has 0 unspecified atom stereocenters. The Hall–Kier alpha value is -2.44. The van der Waals surface area contributed by atoms with Crippen LogP contribution in [0.1, 0.15) is 112 Å². The molecule has 250 valence electrons. The number of benzene rings is 1. The summed E-state index contributed by atoms with van der Waals surface area (Å²) in [4.78, 5) is 14.5. The summed E-state index contributed by atoms with van der Waals surface area (Å²) in [5.41, 5.74) is 2.26. The average molecular weight is 629 g/mol. The molecule has 0 saturated heterocycles. The van der Waals surface area contributed by atoms with Gasteiger partial charge in [-0.2, -0.15) is 0 Å². The molecule has 5 aliphatic rings. The lowest BCUT2D eigenvalue weighted by Gasteiger charge is -2.71. The molecule has 1 aromatic heterocycles. The smallest absolute Gasteiger partial charge is 0.229 e. The quantitative estimate of drug-likeness (QED) is 0.298. The van der Waals surface area contributed by atoms with Crippen LogP contribution in [0.3, 0.4) is 0 Å². The minimum atomic E-state index is -0.857. The van der Waals surface area contributed by atoms with Gasteiger partial charge < -0.3 is 20.1 Å². The zero-order valence-corrected chi connectivity index (χ0v) is 29.2. The van der Waals surface area contributed by atoms with Crippen LogP contribution in [0.5, 0.6) is 0 Å². The highest BCUT2D eigenvalue weighted by Crippen LogP contribution is 2.75. The molecule has 6 heteroatoms. The normalized spacial score (nSPS) is 42.5. The van der Waals surface area contributed by atoms with E-state index in [1.54, 1.807) is 0 Å². The Labute approximate surface area is 275 Å². The highest BCUT2D eigenvalue weighted by atomic mass is 16.5. The number of nitrogens with one attached hydrogen (secondary N) is 1. The predicted octanol–water partition coefficient (Wildman–Crippen LogP) is 8.09. The van der Waals surface area contributed by atoms with Crippen molar-refractivity contribution in [2.45, 2.75) is 125 Å². The number of amides is 1. The van der Waals surface area contributed by atoms with E-state index in [9.17, 15) is 15.0 Å². The molecule has 5 aliphatic carbocycles. The van der Waals surface area contributed by atoms with Gasteiger partial charge in [0.05, 0.1) is 24.2 Å². The molecule has 0 radical (unpaired) electrons. The van der Waals surface area contributed by atoms with Crippen molar-refractivity contribution in [3.63, 3.8) is 0 Å². The molecule has 46 heavy (non-hydrogen) atoms. The van der Waals surface area contributed by atoms with Crippen LogP contribution in [0, 0.1) is 50.2 Å². The lowest BCUT2D eigenvalue weighted by Crippen LogP contribution is -2.68. The molecule has 1 amide bonds. The minimum Gasteiger partial charge on any atom is -0.393 e. The average Bonchev–Trinajstić information content (AvgIpc) is 3.48. The standard InChI is InChI=1S/C40H56N2O4/c1-35(2)19-20-40(34(45)41-24-26-21-29(42-46-26)25-11-9-8-10-12-25)28(22-35)27-13-14-31-37(5)17-16-32(43)36(3,4)30(37)15-18-38(31,6)39(27,7)23-33(40)44/h8-13,21,28,30-33,43-44H,14-20,22-24H2,1-7H3,(H,41,45)/t28-,30-,31+,32-,33+,37-,38+,39+,40+/m0/s1. The van der Waals surface area contributed by atoms with E-state index in [0.717, 1.165) is 56.2 Å². The zero-order valence-electron chi connectivity index (χ0n) is 29.2. The maximum atomic E-state index is 14.5. The van der Waals surface area contributed by atoms with Gasteiger partial charge in [-0.15, -0.1) is 0 Å². The summed E-state index contributed by atoms with van der Waals surface area (Å²) in [6.45, 7) is 17.0. The number of fused-ring (bicyclic) bond motifs is 7. The molecule has 0 bridgehead atoms. The number of rotatable bonds is 4. The Kier molecular flexibility index (Phi) is 7.35. The van der Waals surface area contributed by atoms with Gasteiger partial charge in [0.25, 0.3) is 0 Å². The maximum absolute atomic E-state index is 14.5. The highest BCUT2D eigenvalue weighted by Gasteiger charge is 2.71. The summed E-state index contributed by atoms with van der Waals surface area (Å²) in [5, 5.41) is 30.9. The van der Waals surface area contributed by atoms with Crippen molar-refractivity contribution in [1.29, 1.82) is 0 Å². The second-order valence-corrected chi connectivity index (χ2v) is 18.1. The van der Waals surface area contributed by atoms with Crippen molar-refractivity contribution in [2.75, 3.05) is 0 Å². The molecule has 3 N–H and O–H groups in total. The summed E-state index contributed by atoms with van der Waals surface area (Å²) in [6.07, 6.45) is 9.82. The van der Waals surface area contributed by atoms with E-state index in [2.05, 4.69) is 65.0 Å². The van der Waals surface area contributed by atoms with E-state index in [-0.39, 0.29) is 51.5 Å². The van der Waals surface area contributed by atoms with Gasteiger partial charge in [0, 0.05) is 11.6 Å². The van der Waals surface area contributed by atoms with Crippen LogP contribution >= 0.6 is 0 Å². The first-order valence-electron chi connectivity index (χ1n) is 17.9. The first kappa shape index (κ1) is 32.1. The van der Waals surface area contributed by atoms with E-state index in [4.69, 9.17) is 4.52 Å². The number of aliphatic hydroxyl groups excluding tert-OH is 2. The number of aromatic nitrogens is 1. The summed E-state index contributed by atoms with van der Waals surface area (Å²) >= 11 is 0. The molecular formula is C40H56N2O4. The van der Waals surface area contributed by atoms with Crippen molar-refractivity contribution in [1.82, 2.24) is 10.5 Å². The van der Waals surface area contributed by atoms with Gasteiger partial charge in [-0.1, -0.05) is 95.6 Å². The summed E-state index contributed by atoms with van der Waals surface area (Å²) < 4.78 is 5.64. The van der Waals surface area contributed by atoms with E-state index >= 15 is 0 Å². The SMILES string of the molecule is CC1(C)CC[C@]2(C(=O)NCc3cc(-c4ccccc4)no3)[C@H](O)C[C@]3(C)C(=CC[C@@H]4[C@@]5(C)CC[C@H](O)C(C)(C)[C@@H]5CC[C@]43C)[C@@H]2C1. The summed E-state index contributed by atoms with van der Waals surface area (Å²) in [6, 6.07) is 11.8. The van der Waals surface area contributed by atoms with Crippen LogP contribution in [-0.4, -0.2) is 33.5 Å². The lowest BCUT2D eigenvalue weighted by atomic mass is 9.33.